The van der Waals surface area contributed by atoms with E-state index < -0.39 is 17.8 Å². The summed E-state index contributed by atoms with van der Waals surface area (Å²) in [5, 5.41) is 11.7. The Morgan fingerprint density at radius 1 is 1.03 bits per heavy atom. The number of aromatic nitrogens is 3. The molecule has 0 amide bonds. The van der Waals surface area contributed by atoms with Crippen LogP contribution in [-0.4, -0.2) is 38.7 Å². The molecule has 0 saturated carbocycles. The third-order valence-electron chi connectivity index (χ3n) is 6.55. The third kappa shape index (κ3) is 4.50. The number of hydrogen-bond donors (Lipinski definition) is 1. The van der Waals surface area contributed by atoms with Crippen molar-refractivity contribution < 1.29 is 23.0 Å². The molecule has 0 unspecified atom stereocenters. The third-order valence-corrected chi connectivity index (χ3v) is 6.55. The number of ether oxygens (including phenoxy) is 1. The van der Waals surface area contributed by atoms with Crippen LogP contribution >= 0.6 is 0 Å². The van der Waals surface area contributed by atoms with Crippen molar-refractivity contribution in [1.82, 2.24) is 14.1 Å². The van der Waals surface area contributed by atoms with Crippen LogP contribution in [0.3, 0.4) is 0 Å². The molecule has 1 aliphatic rings. The number of halogens is 3. The highest BCUT2D eigenvalue weighted by molar-refractivity contribution is 5.94. The molecule has 0 spiro atoms. The molecule has 36 heavy (non-hydrogen) atoms. The Morgan fingerprint density at radius 2 is 1.75 bits per heavy atom. The van der Waals surface area contributed by atoms with Crippen LogP contribution in [-0.2, 0) is 6.54 Å². The summed E-state index contributed by atoms with van der Waals surface area (Å²) in [7, 11) is 0. The first-order chi connectivity index (χ1) is 17.2. The maximum Gasteiger partial charge on any atom is 0.573 e. The predicted octanol–water partition coefficient (Wildman–Crippen LogP) is 5.14. The monoisotopic (exact) mass is 498 g/mol. The van der Waals surface area contributed by atoms with Crippen molar-refractivity contribution in [3.8, 4) is 17.3 Å². The van der Waals surface area contributed by atoms with E-state index in [0.717, 1.165) is 64.8 Å². The maximum absolute atomic E-state index is 13.4. The number of nitrogens with zero attached hydrogens (tertiary/aromatic N) is 4. The number of hydrogen-bond acceptors (Lipinski definition) is 5. The lowest BCUT2D eigenvalue weighted by atomic mass is 10.0. The molecule has 1 N–H and O–H groups in total. The molecular formula is C26H25F3N4O3. The molecule has 2 aromatic heterocycles. The van der Waals surface area contributed by atoms with Crippen LogP contribution in [0.5, 0.6) is 11.6 Å². The summed E-state index contributed by atoms with van der Waals surface area (Å²) in [6.45, 7) is 3.74. The van der Waals surface area contributed by atoms with Gasteiger partial charge in [0.15, 0.2) is 0 Å². The molecular weight excluding hydrogens is 473 g/mol. The highest BCUT2D eigenvalue weighted by Crippen LogP contribution is 2.32. The molecule has 3 heterocycles. The van der Waals surface area contributed by atoms with Gasteiger partial charge in [-0.25, -0.2) is 9.36 Å². The Balaban J connectivity index is 1.54. The van der Waals surface area contributed by atoms with E-state index in [-0.39, 0.29) is 18.1 Å². The van der Waals surface area contributed by atoms with Gasteiger partial charge in [-0.2, -0.15) is 0 Å². The molecule has 1 saturated heterocycles. The van der Waals surface area contributed by atoms with Crippen molar-refractivity contribution in [2.24, 2.45) is 0 Å². The van der Waals surface area contributed by atoms with Gasteiger partial charge in [-0.15, -0.1) is 13.2 Å². The second-order valence-corrected chi connectivity index (χ2v) is 8.84. The van der Waals surface area contributed by atoms with Crippen LogP contribution < -0.4 is 15.3 Å². The van der Waals surface area contributed by atoms with Crippen LogP contribution in [0.15, 0.2) is 59.5 Å². The molecule has 4 aromatic rings. The molecule has 188 valence electrons. The molecule has 0 bridgehead atoms. The van der Waals surface area contributed by atoms with Crippen molar-refractivity contribution in [2.45, 2.75) is 39.1 Å². The van der Waals surface area contributed by atoms with E-state index in [4.69, 9.17) is 0 Å². The van der Waals surface area contributed by atoms with Gasteiger partial charge in [0.25, 0.3) is 0 Å². The van der Waals surface area contributed by atoms with E-state index in [1.165, 1.54) is 23.1 Å². The highest BCUT2D eigenvalue weighted by atomic mass is 19.4. The Hall–Kier alpha value is -3.95. The fraction of sp³-hybridized carbons (Fsp3) is 0.308. The van der Waals surface area contributed by atoms with Crippen molar-refractivity contribution in [3.63, 3.8) is 0 Å². The standard InChI is InChI=1S/C26H25F3N4O3/c1-17-24(34)33(19-8-10-20(11-9-19)36-26(27,28)29)25(35)32(17)16-18-12-13-30-21-6-5-7-22(23(18)21)31-14-3-2-4-15-31/h5-13,34H,2-4,14-16H2,1H3. The highest BCUT2D eigenvalue weighted by Gasteiger charge is 2.31. The minimum atomic E-state index is -4.82. The summed E-state index contributed by atoms with van der Waals surface area (Å²) >= 11 is 0. The number of alkyl halides is 3. The Kier molecular flexibility index (Phi) is 6.11. The molecule has 1 fully saturated rings. The number of imidazole rings is 1. The van der Waals surface area contributed by atoms with Gasteiger partial charge in [0.2, 0.25) is 5.88 Å². The molecule has 7 nitrogen and oxygen atoms in total. The number of piperidine rings is 1. The summed E-state index contributed by atoms with van der Waals surface area (Å²) in [6, 6.07) is 12.7. The Labute approximate surface area is 205 Å². The first-order valence-corrected chi connectivity index (χ1v) is 11.7. The van der Waals surface area contributed by atoms with Crippen molar-refractivity contribution in [1.29, 1.82) is 0 Å². The average molecular weight is 499 g/mol. The minimum absolute atomic E-state index is 0.199. The van der Waals surface area contributed by atoms with E-state index in [1.54, 1.807) is 13.1 Å². The second kappa shape index (κ2) is 9.25. The maximum atomic E-state index is 13.4. The summed E-state index contributed by atoms with van der Waals surface area (Å²) in [6.07, 6.45) is 0.328. The van der Waals surface area contributed by atoms with Crippen LogP contribution in [0.4, 0.5) is 18.9 Å². The van der Waals surface area contributed by atoms with Crippen molar-refractivity contribution >= 4 is 16.6 Å². The van der Waals surface area contributed by atoms with E-state index in [1.807, 2.05) is 18.2 Å². The lowest BCUT2D eigenvalue weighted by molar-refractivity contribution is -0.274. The van der Waals surface area contributed by atoms with E-state index in [0.29, 0.717) is 5.69 Å². The quantitative estimate of drug-likeness (QED) is 0.413. The smallest absolute Gasteiger partial charge is 0.493 e. The number of fused-ring (bicyclic) bond motifs is 1. The van der Waals surface area contributed by atoms with Crippen molar-refractivity contribution in [2.75, 3.05) is 18.0 Å². The van der Waals surface area contributed by atoms with E-state index in [9.17, 15) is 23.1 Å². The molecule has 10 heteroatoms. The first kappa shape index (κ1) is 23.8. The molecule has 0 atom stereocenters. The number of rotatable bonds is 5. The zero-order valence-corrected chi connectivity index (χ0v) is 19.6. The van der Waals surface area contributed by atoms with Gasteiger partial charge >= 0.3 is 12.1 Å². The van der Waals surface area contributed by atoms with Gasteiger partial charge in [-0.1, -0.05) is 6.07 Å². The van der Waals surface area contributed by atoms with Gasteiger partial charge in [-0.05, 0) is 74.2 Å². The second-order valence-electron chi connectivity index (χ2n) is 8.84. The van der Waals surface area contributed by atoms with Gasteiger partial charge in [-0.3, -0.25) is 9.55 Å². The van der Waals surface area contributed by atoms with E-state index >= 15 is 0 Å². The van der Waals surface area contributed by atoms with Gasteiger partial charge in [0.05, 0.1) is 23.4 Å². The predicted molar refractivity (Wildman–Crippen MR) is 130 cm³/mol. The Bertz CT molecular complexity index is 1450. The Morgan fingerprint density at radius 3 is 2.44 bits per heavy atom. The lowest BCUT2D eigenvalue weighted by Gasteiger charge is -2.30. The molecule has 2 aromatic carbocycles. The molecule has 1 aliphatic heterocycles. The zero-order chi connectivity index (χ0) is 25.4. The van der Waals surface area contributed by atoms with Gasteiger partial charge in [0, 0.05) is 30.4 Å². The fourth-order valence-electron chi connectivity index (χ4n) is 4.81. The largest absolute Gasteiger partial charge is 0.573 e. The summed E-state index contributed by atoms with van der Waals surface area (Å²) in [5.41, 5.74) is 2.85. The van der Waals surface area contributed by atoms with Crippen LogP contribution in [0.25, 0.3) is 16.6 Å². The fourth-order valence-corrected chi connectivity index (χ4v) is 4.81. The number of aromatic hydroxyl groups is 1. The van der Waals surface area contributed by atoms with Crippen LogP contribution in [0, 0.1) is 6.92 Å². The summed E-state index contributed by atoms with van der Waals surface area (Å²) < 4.78 is 43.9. The minimum Gasteiger partial charge on any atom is -0.493 e. The van der Waals surface area contributed by atoms with Gasteiger partial charge in [0.1, 0.15) is 5.75 Å². The SMILES string of the molecule is Cc1c(O)n(-c2ccc(OC(F)(F)F)cc2)c(=O)n1Cc1ccnc2cccc(N3CCCCC3)c12. The topological polar surface area (TPSA) is 72.5 Å². The normalized spacial score (nSPS) is 14.4. The lowest BCUT2D eigenvalue weighted by Crippen LogP contribution is -2.30. The molecule has 5 rings (SSSR count). The number of pyridine rings is 1. The summed E-state index contributed by atoms with van der Waals surface area (Å²) in [5.74, 6) is -0.692. The first-order valence-electron chi connectivity index (χ1n) is 11.7. The van der Waals surface area contributed by atoms with Gasteiger partial charge < -0.3 is 14.7 Å². The zero-order valence-electron chi connectivity index (χ0n) is 19.6. The number of anilines is 1. The van der Waals surface area contributed by atoms with Crippen LogP contribution in [0.2, 0.25) is 0 Å². The van der Waals surface area contributed by atoms with Crippen molar-refractivity contribution in [3.05, 3.63) is 76.5 Å². The molecule has 0 aliphatic carbocycles. The summed E-state index contributed by atoms with van der Waals surface area (Å²) in [4.78, 5) is 20.3. The average Bonchev–Trinajstić information content (AvgIpc) is 3.07. The number of benzene rings is 2. The molecule has 0 radical (unpaired) electrons. The van der Waals surface area contributed by atoms with E-state index in [2.05, 4.69) is 20.7 Å². The van der Waals surface area contributed by atoms with Crippen LogP contribution in [0.1, 0.15) is 30.5 Å².